The van der Waals surface area contributed by atoms with E-state index in [0.29, 0.717) is 17.8 Å². The molecule has 0 aliphatic heterocycles. The van der Waals surface area contributed by atoms with Crippen molar-refractivity contribution in [1.29, 1.82) is 0 Å². The summed E-state index contributed by atoms with van der Waals surface area (Å²) in [6.45, 7) is 6.65. The van der Waals surface area contributed by atoms with Gasteiger partial charge in [0.25, 0.3) is 0 Å². The number of nitrogens with one attached hydrogen (secondary N) is 1. The van der Waals surface area contributed by atoms with E-state index in [1.807, 2.05) is 63.2 Å². The van der Waals surface area contributed by atoms with Gasteiger partial charge in [-0.2, -0.15) is 0 Å². The Labute approximate surface area is 166 Å². The molecule has 0 spiro atoms. The molecule has 1 N–H and O–H groups in total. The highest BCUT2D eigenvalue weighted by atomic mass is 32.2. The predicted molar refractivity (Wildman–Crippen MR) is 112 cm³/mol. The number of hydrogen-bond donors (Lipinski definition) is 1. The Balaban J connectivity index is 1.95. The fourth-order valence-corrected chi connectivity index (χ4v) is 4.86. The van der Waals surface area contributed by atoms with E-state index in [9.17, 15) is 13.2 Å². The molecule has 0 aliphatic rings. The van der Waals surface area contributed by atoms with Crippen molar-refractivity contribution in [1.82, 2.24) is 9.88 Å². The molecule has 28 heavy (non-hydrogen) atoms. The van der Waals surface area contributed by atoms with Crippen molar-refractivity contribution in [3.05, 3.63) is 65.9 Å². The molecular formula is C22H26N2O3S. The summed E-state index contributed by atoms with van der Waals surface area (Å²) < 4.78 is 28.1. The summed E-state index contributed by atoms with van der Waals surface area (Å²) in [4.78, 5) is 12.5. The van der Waals surface area contributed by atoms with Crippen molar-refractivity contribution < 1.29 is 13.2 Å². The van der Waals surface area contributed by atoms with Gasteiger partial charge < -0.3 is 9.88 Å². The van der Waals surface area contributed by atoms with Crippen LogP contribution in [0.15, 0.2) is 59.6 Å². The summed E-state index contributed by atoms with van der Waals surface area (Å²) in [6.07, 6.45) is 1.59. The average molecular weight is 399 g/mol. The zero-order valence-corrected chi connectivity index (χ0v) is 17.3. The molecule has 0 atom stereocenters. The molecule has 1 amide bonds. The standard InChI is InChI=1S/C22H26N2O3S/c1-16(2)12-23-22(25)14-24-13-21(19-10-6-7-11-20(19)24)28(26,27)15-18-9-5-4-8-17(18)3/h4-11,13,16H,12,14-15H2,1-3H3,(H,23,25). The second-order valence-electron chi connectivity index (χ2n) is 7.52. The van der Waals surface area contributed by atoms with Crippen LogP contribution in [0.3, 0.4) is 0 Å². The van der Waals surface area contributed by atoms with Gasteiger partial charge in [0.15, 0.2) is 9.84 Å². The van der Waals surface area contributed by atoms with Crippen molar-refractivity contribution in [3.8, 4) is 0 Å². The van der Waals surface area contributed by atoms with Gasteiger partial charge in [0, 0.05) is 23.6 Å². The van der Waals surface area contributed by atoms with Gasteiger partial charge in [0.2, 0.25) is 5.91 Å². The molecule has 0 aliphatic carbocycles. The molecule has 148 valence electrons. The average Bonchev–Trinajstić information content (AvgIpc) is 3.01. The minimum absolute atomic E-state index is 0.0623. The smallest absolute Gasteiger partial charge is 0.239 e. The maximum absolute atomic E-state index is 13.2. The topological polar surface area (TPSA) is 68.2 Å². The van der Waals surface area contributed by atoms with Crippen LogP contribution in [0.2, 0.25) is 0 Å². The molecule has 3 rings (SSSR count). The number of carbonyl (C=O) groups is 1. The first kappa shape index (κ1) is 20.1. The van der Waals surface area contributed by atoms with Gasteiger partial charge in [-0.25, -0.2) is 8.42 Å². The highest BCUT2D eigenvalue weighted by Crippen LogP contribution is 2.28. The highest BCUT2D eigenvalue weighted by molar-refractivity contribution is 7.90. The monoisotopic (exact) mass is 398 g/mol. The van der Waals surface area contributed by atoms with Gasteiger partial charge in [-0.1, -0.05) is 56.3 Å². The van der Waals surface area contributed by atoms with Crippen molar-refractivity contribution in [2.24, 2.45) is 5.92 Å². The lowest BCUT2D eigenvalue weighted by Crippen LogP contribution is -2.30. The molecule has 3 aromatic rings. The van der Waals surface area contributed by atoms with Crippen LogP contribution >= 0.6 is 0 Å². The van der Waals surface area contributed by atoms with E-state index >= 15 is 0 Å². The summed E-state index contributed by atoms with van der Waals surface area (Å²) in [5, 5.41) is 3.53. The molecule has 2 aromatic carbocycles. The molecule has 1 aromatic heterocycles. The van der Waals surface area contributed by atoms with Crippen LogP contribution in [0.4, 0.5) is 0 Å². The lowest BCUT2D eigenvalue weighted by atomic mass is 10.1. The number of sulfone groups is 1. The first-order valence-corrected chi connectivity index (χ1v) is 11.0. The van der Waals surface area contributed by atoms with Crippen LogP contribution in [0, 0.1) is 12.8 Å². The Bertz CT molecular complexity index is 1100. The van der Waals surface area contributed by atoms with E-state index in [4.69, 9.17) is 0 Å². The number of para-hydroxylation sites is 1. The Morgan fingerprint density at radius 3 is 2.46 bits per heavy atom. The molecule has 0 fully saturated rings. The minimum Gasteiger partial charge on any atom is -0.354 e. The van der Waals surface area contributed by atoms with Gasteiger partial charge in [-0.05, 0) is 30.0 Å². The minimum atomic E-state index is -3.56. The third-order valence-corrected chi connectivity index (χ3v) is 6.40. The normalized spacial score (nSPS) is 11.9. The lowest BCUT2D eigenvalue weighted by molar-refractivity contribution is -0.121. The van der Waals surface area contributed by atoms with E-state index in [1.54, 1.807) is 16.8 Å². The molecule has 0 saturated heterocycles. The summed E-state index contributed by atoms with van der Waals surface area (Å²) in [6, 6.07) is 14.8. The van der Waals surface area contributed by atoms with E-state index in [2.05, 4.69) is 5.32 Å². The predicted octanol–water partition coefficient (Wildman–Crippen LogP) is 3.70. The van der Waals surface area contributed by atoms with E-state index in [0.717, 1.165) is 16.6 Å². The first-order valence-electron chi connectivity index (χ1n) is 9.40. The quantitative estimate of drug-likeness (QED) is 0.660. The second kappa shape index (κ2) is 8.19. The Hall–Kier alpha value is -2.60. The van der Waals surface area contributed by atoms with Crippen molar-refractivity contribution >= 4 is 26.6 Å². The first-order chi connectivity index (χ1) is 13.3. The number of hydrogen-bond acceptors (Lipinski definition) is 3. The Kier molecular flexibility index (Phi) is 5.89. The summed E-state index contributed by atoms with van der Waals surface area (Å²) in [5.41, 5.74) is 2.47. The fraction of sp³-hybridized carbons (Fsp3) is 0.318. The Morgan fingerprint density at radius 1 is 1.07 bits per heavy atom. The molecule has 0 radical (unpaired) electrons. The van der Waals surface area contributed by atoms with Crippen molar-refractivity contribution in [3.63, 3.8) is 0 Å². The van der Waals surface area contributed by atoms with Gasteiger partial charge >= 0.3 is 0 Å². The van der Waals surface area contributed by atoms with E-state index < -0.39 is 9.84 Å². The van der Waals surface area contributed by atoms with Crippen LogP contribution in [-0.4, -0.2) is 25.4 Å². The third kappa shape index (κ3) is 4.44. The van der Waals surface area contributed by atoms with Crippen LogP contribution in [-0.2, 0) is 26.9 Å². The fourth-order valence-electron chi connectivity index (χ4n) is 3.17. The summed E-state index contributed by atoms with van der Waals surface area (Å²) >= 11 is 0. The SMILES string of the molecule is Cc1ccccc1CS(=O)(=O)c1cn(CC(=O)NCC(C)C)c2ccccc12. The van der Waals surface area contributed by atoms with Crippen LogP contribution in [0.25, 0.3) is 10.9 Å². The molecule has 5 nitrogen and oxygen atoms in total. The molecule has 0 saturated carbocycles. The third-order valence-electron chi connectivity index (χ3n) is 4.72. The van der Waals surface area contributed by atoms with Gasteiger partial charge in [0.05, 0.1) is 10.6 Å². The molecule has 0 unspecified atom stereocenters. The number of aryl methyl sites for hydroxylation is 1. The summed E-state index contributed by atoms with van der Waals surface area (Å²) in [7, 11) is -3.56. The highest BCUT2D eigenvalue weighted by Gasteiger charge is 2.23. The van der Waals surface area contributed by atoms with E-state index in [-0.39, 0.29) is 23.1 Å². The largest absolute Gasteiger partial charge is 0.354 e. The van der Waals surface area contributed by atoms with Crippen LogP contribution in [0.5, 0.6) is 0 Å². The molecular weight excluding hydrogens is 372 g/mol. The van der Waals surface area contributed by atoms with Crippen molar-refractivity contribution in [2.75, 3.05) is 6.54 Å². The van der Waals surface area contributed by atoms with Crippen LogP contribution in [0.1, 0.15) is 25.0 Å². The zero-order chi connectivity index (χ0) is 20.3. The van der Waals surface area contributed by atoms with Gasteiger partial charge in [0.1, 0.15) is 6.54 Å². The number of nitrogens with zero attached hydrogens (tertiary/aromatic N) is 1. The maximum atomic E-state index is 13.2. The number of aromatic nitrogens is 1. The van der Waals surface area contributed by atoms with Crippen LogP contribution < -0.4 is 5.32 Å². The van der Waals surface area contributed by atoms with Crippen molar-refractivity contribution in [2.45, 2.75) is 38.0 Å². The second-order valence-corrected chi connectivity index (χ2v) is 9.48. The molecule has 1 heterocycles. The zero-order valence-electron chi connectivity index (χ0n) is 16.5. The lowest BCUT2D eigenvalue weighted by Gasteiger charge is -2.09. The van der Waals surface area contributed by atoms with Gasteiger partial charge in [-0.3, -0.25) is 4.79 Å². The molecule has 0 bridgehead atoms. The number of carbonyl (C=O) groups excluding carboxylic acids is 1. The number of fused-ring (bicyclic) bond motifs is 1. The summed E-state index contributed by atoms with van der Waals surface area (Å²) in [5.74, 6) is 0.167. The number of rotatable bonds is 7. The Morgan fingerprint density at radius 2 is 1.75 bits per heavy atom. The number of amides is 1. The maximum Gasteiger partial charge on any atom is 0.239 e. The van der Waals surface area contributed by atoms with E-state index in [1.165, 1.54) is 0 Å². The number of benzene rings is 2. The van der Waals surface area contributed by atoms with Gasteiger partial charge in [-0.15, -0.1) is 0 Å². The molecule has 6 heteroatoms.